The Balaban J connectivity index is 2.19. The number of ether oxygens (including phenoxy) is 1. The Morgan fingerprint density at radius 3 is 2.65 bits per heavy atom. The Bertz CT molecular complexity index is 673. The van der Waals surface area contributed by atoms with E-state index in [1.54, 1.807) is 6.07 Å². The Morgan fingerprint density at radius 2 is 2.15 bits per heavy atom. The van der Waals surface area contributed by atoms with Gasteiger partial charge in [-0.15, -0.1) is 0 Å². The van der Waals surface area contributed by atoms with Gasteiger partial charge in [-0.3, -0.25) is 15.5 Å². The van der Waals surface area contributed by atoms with Crippen molar-refractivity contribution in [2.24, 2.45) is 5.73 Å². The first kappa shape index (κ1) is 13.8. The summed E-state index contributed by atoms with van der Waals surface area (Å²) in [6, 6.07) is 7.12. The van der Waals surface area contributed by atoms with E-state index in [0.29, 0.717) is 11.3 Å². The molecule has 0 saturated carbocycles. The molecule has 3 N–H and O–H groups in total. The number of halogens is 1. The number of nitro benzene ring substituents is 1. The van der Waals surface area contributed by atoms with Crippen molar-refractivity contribution in [3.63, 3.8) is 0 Å². The number of nitrogens with zero attached hydrogens (tertiary/aromatic N) is 2. The van der Waals surface area contributed by atoms with Gasteiger partial charge in [-0.05, 0) is 12.1 Å². The molecule has 0 fully saturated rings. The van der Waals surface area contributed by atoms with Crippen molar-refractivity contribution in [1.29, 1.82) is 5.41 Å². The number of amidine groups is 1. The van der Waals surface area contributed by atoms with Crippen molar-refractivity contribution in [2.45, 2.75) is 0 Å². The molecule has 0 aliphatic rings. The summed E-state index contributed by atoms with van der Waals surface area (Å²) in [7, 11) is 0. The lowest BCUT2D eigenvalue weighted by Crippen LogP contribution is -2.11. The molecule has 0 atom stereocenters. The minimum Gasteiger partial charge on any atom is -0.439 e. The average Bonchev–Trinajstić information content (AvgIpc) is 2.39. The molecule has 1 heterocycles. The zero-order valence-electron chi connectivity index (χ0n) is 10.0. The number of nitrogen functional groups attached to an aromatic ring is 1. The van der Waals surface area contributed by atoms with Gasteiger partial charge in [0, 0.05) is 30.0 Å². The second-order valence-corrected chi connectivity index (χ2v) is 4.18. The van der Waals surface area contributed by atoms with Crippen LogP contribution in [0.1, 0.15) is 5.56 Å². The Morgan fingerprint density at radius 1 is 1.40 bits per heavy atom. The van der Waals surface area contributed by atoms with Crippen molar-refractivity contribution < 1.29 is 9.66 Å². The van der Waals surface area contributed by atoms with Crippen LogP contribution in [0.4, 0.5) is 5.69 Å². The van der Waals surface area contributed by atoms with Gasteiger partial charge in [-0.1, -0.05) is 11.6 Å². The van der Waals surface area contributed by atoms with Gasteiger partial charge in [0.25, 0.3) is 5.69 Å². The van der Waals surface area contributed by atoms with E-state index in [2.05, 4.69) is 4.98 Å². The normalized spacial score (nSPS) is 10.1. The Kier molecular flexibility index (Phi) is 3.81. The summed E-state index contributed by atoms with van der Waals surface area (Å²) in [6.07, 6.45) is 1.39. The zero-order chi connectivity index (χ0) is 14.7. The lowest BCUT2D eigenvalue weighted by Gasteiger charge is -2.05. The van der Waals surface area contributed by atoms with Crippen LogP contribution < -0.4 is 10.5 Å². The van der Waals surface area contributed by atoms with E-state index in [1.807, 2.05) is 0 Å². The summed E-state index contributed by atoms with van der Waals surface area (Å²) in [5.41, 5.74) is 5.58. The lowest BCUT2D eigenvalue weighted by molar-refractivity contribution is -0.384. The highest BCUT2D eigenvalue weighted by Gasteiger charge is 2.13. The summed E-state index contributed by atoms with van der Waals surface area (Å²) >= 11 is 5.77. The van der Waals surface area contributed by atoms with Gasteiger partial charge in [0.1, 0.15) is 16.6 Å². The first-order valence-electron chi connectivity index (χ1n) is 5.39. The van der Waals surface area contributed by atoms with Crippen LogP contribution in [0.2, 0.25) is 5.02 Å². The summed E-state index contributed by atoms with van der Waals surface area (Å²) in [5.74, 6) is 0.492. The molecule has 8 heteroatoms. The molecule has 0 saturated heterocycles. The quantitative estimate of drug-likeness (QED) is 0.389. The van der Waals surface area contributed by atoms with E-state index < -0.39 is 4.92 Å². The fraction of sp³-hybridized carbons (Fsp3) is 0. The molecule has 0 aliphatic heterocycles. The molecule has 0 bridgehead atoms. The highest BCUT2D eigenvalue weighted by atomic mass is 35.5. The monoisotopic (exact) mass is 292 g/mol. The minimum atomic E-state index is -0.577. The largest absolute Gasteiger partial charge is 0.439 e. The number of rotatable bonds is 4. The molecule has 0 amide bonds. The molecule has 102 valence electrons. The maximum Gasteiger partial charge on any atom is 0.288 e. The highest BCUT2D eigenvalue weighted by molar-refractivity contribution is 6.32. The maximum absolute atomic E-state index is 10.6. The summed E-state index contributed by atoms with van der Waals surface area (Å²) in [4.78, 5) is 14.0. The van der Waals surface area contributed by atoms with Crippen LogP contribution in [0.15, 0.2) is 36.5 Å². The molecule has 0 radical (unpaired) electrons. The molecule has 0 aliphatic carbocycles. The molecular formula is C12H9ClN4O3. The highest BCUT2D eigenvalue weighted by Crippen LogP contribution is 2.30. The van der Waals surface area contributed by atoms with Gasteiger partial charge in [0.2, 0.25) is 5.88 Å². The van der Waals surface area contributed by atoms with Crippen LogP contribution in [0.5, 0.6) is 11.6 Å². The summed E-state index contributed by atoms with van der Waals surface area (Å²) in [5, 5.41) is 17.8. The average molecular weight is 293 g/mol. The molecule has 0 unspecified atom stereocenters. The smallest absolute Gasteiger partial charge is 0.288 e. The second-order valence-electron chi connectivity index (χ2n) is 3.77. The van der Waals surface area contributed by atoms with E-state index >= 15 is 0 Å². The van der Waals surface area contributed by atoms with E-state index in [1.165, 1.54) is 30.5 Å². The standard InChI is InChI=1S/C12H9ClN4O3/c13-9-5-8(2-3-10(9)17(18)19)20-11-4-1-7(6-16-11)12(14)15/h1-6H,(H3,14,15). The molecular weight excluding hydrogens is 284 g/mol. The molecule has 20 heavy (non-hydrogen) atoms. The number of pyridine rings is 1. The van der Waals surface area contributed by atoms with E-state index in [9.17, 15) is 10.1 Å². The van der Waals surface area contributed by atoms with Crippen molar-refractivity contribution in [2.75, 3.05) is 0 Å². The van der Waals surface area contributed by atoms with Crippen molar-refractivity contribution in [3.05, 3.63) is 57.2 Å². The van der Waals surface area contributed by atoms with Crippen LogP contribution in [-0.2, 0) is 0 Å². The van der Waals surface area contributed by atoms with E-state index in [4.69, 9.17) is 27.5 Å². The zero-order valence-corrected chi connectivity index (χ0v) is 10.8. The van der Waals surface area contributed by atoms with Gasteiger partial charge < -0.3 is 10.5 Å². The van der Waals surface area contributed by atoms with Gasteiger partial charge in [0.15, 0.2) is 0 Å². The van der Waals surface area contributed by atoms with Crippen LogP contribution in [0.25, 0.3) is 0 Å². The predicted molar refractivity (Wildman–Crippen MR) is 73.4 cm³/mol. The maximum atomic E-state index is 10.6. The number of nitro groups is 1. The minimum absolute atomic E-state index is 0.0205. The van der Waals surface area contributed by atoms with Crippen LogP contribution in [0, 0.1) is 15.5 Å². The van der Waals surface area contributed by atoms with Gasteiger partial charge >= 0.3 is 0 Å². The molecule has 2 rings (SSSR count). The van der Waals surface area contributed by atoms with Gasteiger partial charge in [-0.25, -0.2) is 4.98 Å². The number of nitrogens with one attached hydrogen (secondary N) is 1. The molecule has 7 nitrogen and oxygen atoms in total. The van der Waals surface area contributed by atoms with E-state index in [-0.39, 0.29) is 22.4 Å². The number of aromatic nitrogens is 1. The SMILES string of the molecule is N=C(N)c1ccc(Oc2ccc([N+](=O)[O-])c(Cl)c2)nc1. The summed E-state index contributed by atoms with van der Waals surface area (Å²) < 4.78 is 5.40. The first-order chi connectivity index (χ1) is 9.47. The first-order valence-corrected chi connectivity index (χ1v) is 5.77. The third-order valence-electron chi connectivity index (χ3n) is 2.39. The van der Waals surface area contributed by atoms with E-state index in [0.717, 1.165) is 0 Å². The van der Waals surface area contributed by atoms with Crippen LogP contribution in [0.3, 0.4) is 0 Å². The molecule has 0 spiro atoms. The van der Waals surface area contributed by atoms with Crippen LogP contribution >= 0.6 is 11.6 Å². The van der Waals surface area contributed by atoms with Crippen molar-refractivity contribution >= 4 is 23.1 Å². The van der Waals surface area contributed by atoms with Crippen molar-refractivity contribution in [1.82, 2.24) is 4.98 Å². The summed E-state index contributed by atoms with van der Waals surface area (Å²) in [6.45, 7) is 0. The number of hydrogen-bond donors (Lipinski definition) is 2. The molecule has 1 aromatic carbocycles. The van der Waals surface area contributed by atoms with Crippen LogP contribution in [-0.4, -0.2) is 15.7 Å². The fourth-order valence-electron chi connectivity index (χ4n) is 1.42. The van der Waals surface area contributed by atoms with Gasteiger partial charge in [0.05, 0.1) is 4.92 Å². The van der Waals surface area contributed by atoms with Gasteiger partial charge in [-0.2, -0.15) is 0 Å². The number of benzene rings is 1. The Hall–Kier alpha value is -2.67. The fourth-order valence-corrected chi connectivity index (χ4v) is 1.66. The van der Waals surface area contributed by atoms with Crippen molar-refractivity contribution in [3.8, 4) is 11.6 Å². The molecule has 2 aromatic rings. The third-order valence-corrected chi connectivity index (χ3v) is 2.69. The molecule has 1 aromatic heterocycles. The second kappa shape index (κ2) is 5.54. The number of nitrogens with two attached hydrogens (primary N) is 1. The topological polar surface area (TPSA) is 115 Å². The number of hydrogen-bond acceptors (Lipinski definition) is 5. The third kappa shape index (κ3) is 3.01. The lowest BCUT2D eigenvalue weighted by atomic mass is 10.2. The Labute approximate surface area is 118 Å². The predicted octanol–water partition coefficient (Wildman–Crippen LogP) is 2.72.